The van der Waals surface area contributed by atoms with Gasteiger partial charge >= 0.3 is 0 Å². The number of nitrogens with zero attached hydrogens (tertiary/aromatic N) is 1. The summed E-state index contributed by atoms with van der Waals surface area (Å²) < 4.78 is 0. The zero-order valence-corrected chi connectivity index (χ0v) is 15.0. The number of aromatic nitrogens is 5. The molecule has 134 valence electrons. The van der Waals surface area contributed by atoms with E-state index in [1.165, 1.54) is 0 Å². The molecular formula is C23H17N5. The minimum Gasteiger partial charge on any atom is -0.355 e. The molecule has 1 aliphatic heterocycles. The first kappa shape index (κ1) is 15.1. The Labute approximate surface area is 159 Å². The van der Waals surface area contributed by atoms with Gasteiger partial charge in [-0.25, -0.2) is 0 Å². The summed E-state index contributed by atoms with van der Waals surface area (Å²) in [5.41, 5.74) is 5.13. The van der Waals surface area contributed by atoms with E-state index in [9.17, 15) is 0 Å². The van der Waals surface area contributed by atoms with Crippen molar-refractivity contribution in [2.24, 2.45) is 0 Å². The summed E-state index contributed by atoms with van der Waals surface area (Å²) in [6.45, 7) is 0. The molecule has 0 unspecified atom stereocenters. The van der Waals surface area contributed by atoms with Gasteiger partial charge in [-0.15, -0.1) is 0 Å². The lowest BCUT2D eigenvalue weighted by molar-refractivity contribution is 1.23. The Balaban J connectivity index is 1.71. The summed E-state index contributed by atoms with van der Waals surface area (Å²) in [5, 5.41) is 5.24. The molecule has 0 amide bonds. The van der Waals surface area contributed by atoms with Gasteiger partial charge in [0.2, 0.25) is 0 Å². The molecule has 0 fully saturated rings. The Kier molecular flexibility index (Phi) is 3.10. The molecule has 0 saturated carbocycles. The molecule has 8 bridgehead atoms. The predicted octanol–water partition coefficient (Wildman–Crippen LogP) is 1.18. The van der Waals surface area contributed by atoms with E-state index in [0.717, 1.165) is 55.1 Å². The lowest BCUT2D eigenvalue weighted by Crippen LogP contribution is -2.11. The Bertz CT molecular complexity index is 1450. The fourth-order valence-electron chi connectivity index (χ4n) is 3.77. The van der Waals surface area contributed by atoms with E-state index in [0.29, 0.717) is 0 Å². The third-order valence-corrected chi connectivity index (χ3v) is 5.04. The Morgan fingerprint density at radius 3 is 1.82 bits per heavy atom. The second-order valence-electron chi connectivity index (χ2n) is 7.04. The van der Waals surface area contributed by atoms with Crippen LogP contribution in [0.5, 0.6) is 0 Å². The van der Waals surface area contributed by atoms with Gasteiger partial charge in [-0.1, -0.05) is 0 Å². The largest absolute Gasteiger partial charge is 0.355 e. The van der Waals surface area contributed by atoms with Gasteiger partial charge in [0.15, 0.2) is 0 Å². The lowest BCUT2D eigenvalue weighted by atomic mass is 10.2. The van der Waals surface area contributed by atoms with Crippen molar-refractivity contribution in [3.8, 4) is 0 Å². The zero-order chi connectivity index (χ0) is 18.5. The van der Waals surface area contributed by atoms with Crippen LogP contribution in [0.2, 0.25) is 0 Å². The van der Waals surface area contributed by atoms with E-state index in [4.69, 9.17) is 0 Å². The van der Waals surface area contributed by atoms with Crippen LogP contribution in [0.25, 0.3) is 35.2 Å². The predicted molar refractivity (Wildman–Crippen MR) is 111 cm³/mol. The number of hydrogen-bond donors (Lipinski definition) is 4. The lowest BCUT2D eigenvalue weighted by Gasteiger charge is -1.88. The maximum atomic E-state index is 4.60. The molecule has 0 atom stereocenters. The molecule has 5 aromatic rings. The van der Waals surface area contributed by atoms with Gasteiger partial charge in [-0.2, -0.15) is 0 Å². The van der Waals surface area contributed by atoms with Crippen LogP contribution >= 0.6 is 0 Å². The maximum Gasteiger partial charge on any atom is 0.0958 e. The van der Waals surface area contributed by atoms with Crippen LogP contribution in [0.4, 0.5) is 0 Å². The molecule has 1 aliphatic rings. The average Bonchev–Trinajstić information content (AvgIpc) is 3.47. The highest BCUT2D eigenvalue weighted by atomic mass is 14.8. The first-order valence-electron chi connectivity index (χ1n) is 9.23. The molecule has 6 rings (SSSR count). The first-order valence-corrected chi connectivity index (χ1v) is 9.23. The molecule has 0 spiro atoms. The first-order chi connectivity index (χ1) is 13.8. The number of rotatable bonds is 0. The minimum absolute atomic E-state index is 0.963. The van der Waals surface area contributed by atoms with E-state index >= 15 is 0 Å². The summed E-state index contributed by atoms with van der Waals surface area (Å²) in [6.07, 6.45) is 10.3. The van der Waals surface area contributed by atoms with Gasteiger partial charge in [-0.05, 0) is 72.8 Å². The Morgan fingerprint density at radius 1 is 0.536 bits per heavy atom. The molecular weight excluding hydrogens is 346 g/mol. The number of fused-ring (bicyclic) bond motifs is 11. The molecule has 4 N–H and O–H groups in total. The van der Waals surface area contributed by atoms with E-state index in [1.807, 2.05) is 12.3 Å². The zero-order valence-electron chi connectivity index (χ0n) is 15.0. The quantitative estimate of drug-likeness (QED) is 0.321. The summed E-state index contributed by atoms with van der Waals surface area (Å²) >= 11 is 0. The second kappa shape index (κ2) is 5.76. The van der Waals surface area contributed by atoms with Gasteiger partial charge in [0.05, 0.1) is 16.2 Å². The summed E-state index contributed by atoms with van der Waals surface area (Å²) in [7, 11) is 0. The van der Waals surface area contributed by atoms with E-state index < -0.39 is 0 Å². The van der Waals surface area contributed by atoms with Gasteiger partial charge in [-0.3, -0.25) is 4.98 Å². The smallest absolute Gasteiger partial charge is 0.0958 e. The van der Waals surface area contributed by atoms with Gasteiger partial charge in [0, 0.05) is 45.1 Å². The van der Waals surface area contributed by atoms with Crippen molar-refractivity contribution in [2.75, 3.05) is 0 Å². The van der Waals surface area contributed by atoms with Gasteiger partial charge in [0.25, 0.3) is 0 Å². The second-order valence-corrected chi connectivity index (χ2v) is 7.04. The van der Waals surface area contributed by atoms with Crippen LogP contribution in [0, 0.1) is 0 Å². The average molecular weight is 363 g/mol. The van der Waals surface area contributed by atoms with Crippen molar-refractivity contribution in [1.82, 2.24) is 24.9 Å². The monoisotopic (exact) mass is 363 g/mol. The molecule has 0 radical (unpaired) electrons. The van der Waals surface area contributed by atoms with E-state index in [1.54, 1.807) is 0 Å². The molecule has 0 aliphatic carbocycles. The van der Waals surface area contributed by atoms with Crippen molar-refractivity contribution in [3.05, 3.63) is 98.9 Å². The van der Waals surface area contributed by atoms with Crippen LogP contribution in [0.1, 0.15) is 22.8 Å². The SMILES string of the molecule is C1=c2ccc([nH]2)=Cc2ccc([nH]2)C=c2[nH]c(c3cccnc23)=Cc2ccc1[nH]2. The summed E-state index contributed by atoms with van der Waals surface area (Å²) in [5.74, 6) is 0. The molecule has 0 saturated heterocycles. The summed E-state index contributed by atoms with van der Waals surface area (Å²) in [4.78, 5) is 18.5. The molecule has 0 aromatic carbocycles. The maximum absolute atomic E-state index is 4.60. The van der Waals surface area contributed by atoms with Crippen molar-refractivity contribution < 1.29 is 0 Å². The van der Waals surface area contributed by atoms with E-state index in [2.05, 4.69) is 91.7 Å². The number of hydrogen-bond acceptors (Lipinski definition) is 1. The number of aromatic amines is 4. The number of pyridine rings is 1. The highest BCUT2D eigenvalue weighted by Crippen LogP contribution is 2.07. The van der Waals surface area contributed by atoms with Crippen LogP contribution < -0.4 is 21.4 Å². The molecule has 6 heterocycles. The third kappa shape index (κ3) is 2.53. The highest BCUT2D eigenvalue weighted by molar-refractivity contribution is 5.82. The number of H-pyrrole nitrogens is 4. The third-order valence-electron chi connectivity index (χ3n) is 5.04. The van der Waals surface area contributed by atoms with Crippen LogP contribution in [0.15, 0.2) is 54.7 Å². The van der Waals surface area contributed by atoms with Crippen LogP contribution in [-0.2, 0) is 0 Å². The molecule has 28 heavy (non-hydrogen) atoms. The van der Waals surface area contributed by atoms with Crippen LogP contribution in [0.3, 0.4) is 0 Å². The fourth-order valence-corrected chi connectivity index (χ4v) is 3.77. The number of nitrogens with one attached hydrogen (secondary N) is 4. The molecule has 5 nitrogen and oxygen atoms in total. The van der Waals surface area contributed by atoms with Crippen molar-refractivity contribution in [1.29, 1.82) is 0 Å². The Hall–Kier alpha value is -3.99. The van der Waals surface area contributed by atoms with Crippen molar-refractivity contribution >= 4 is 35.2 Å². The minimum atomic E-state index is 0.963. The molecule has 5 heteroatoms. The van der Waals surface area contributed by atoms with E-state index in [-0.39, 0.29) is 0 Å². The normalized spacial score (nSPS) is 12.7. The fraction of sp³-hybridized carbons (Fsp3) is 0. The topological polar surface area (TPSA) is 76.0 Å². The summed E-state index contributed by atoms with van der Waals surface area (Å²) in [6, 6.07) is 16.6. The molecule has 5 aromatic heterocycles. The van der Waals surface area contributed by atoms with Gasteiger partial charge in [0.1, 0.15) is 0 Å². The van der Waals surface area contributed by atoms with Crippen LogP contribution in [-0.4, -0.2) is 24.9 Å². The van der Waals surface area contributed by atoms with Crippen molar-refractivity contribution in [2.45, 2.75) is 0 Å². The Morgan fingerprint density at radius 2 is 1.14 bits per heavy atom. The van der Waals surface area contributed by atoms with Crippen molar-refractivity contribution in [3.63, 3.8) is 0 Å². The standard InChI is InChI=1S/C23H17N5/c1-2-20-21-12-18-7-5-16(26-18)10-14-3-4-15(25-14)11-17-6-8-19(27-17)13-22(28-21)23(20)24-9-1/h1-13,25-28H. The highest BCUT2D eigenvalue weighted by Gasteiger charge is 2.04. The van der Waals surface area contributed by atoms with Gasteiger partial charge < -0.3 is 19.9 Å².